The van der Waals surface area contributed by atoms with E-state index < -0.39 is 3.79 Å². The highest BCUT2D eigenvalue weighted by molar-refractivity contribution is 6.68. The number of rotatable bonds is 6. The first kappa shape index (κ1) is 15.8. The number of alkyl halides is 3. The molecule has 0 heterocycles. The summed E-state index contributed by atoms with van der Waals surface area (Å²) in [4.78, 5) is 10.6. The Morgan fingerprint density at radius 1 is 1.28 bits per heavy atom. The molecule has 0 aliphatic rings. The monoisotopic (exact) mass is 307 g/mol. The summed E-state index contributed by atoms with van der Waals surface area (Å²) in [6.45, 7) is 2.88. The van der Waals surface area contributed by atoms with Crippen LogP contribution in [0.25, 0.3) is 0 Å². The maximum Gasteiger partial charge on any atom is 0.209 e. The third-order valence-electron chi connectivity index (χ3n) is 2.61. The van der Waals surface area contributed by atoms with Crippen LogP contribution in [0.2, 0.25) is 0 Å². The Kier molecular flexibility index (Phi) is 6.44. The molecule has 1 atom stereocenters. The first-order valence-corrected chi connectivity index (χ1v) is 6.97. The van der Waals surface area contributed by atoms with Crippen LogP contribution >= 0.6 is 34.8 Å². The van der Waals surface area contributed by atoms with Crippen LogP contribution in [0.5, 0.6) is 0 Å². The standard InChI is InChI=1S/C13H16Cl3NO/c1-2-3-8-17-12(13(14,15)16)11-6-4-10(9-18)5-7-11/h4-7,9,12,17H,2-3,8H2,1H3/t12-/m0/s1. The quantitative estimate of drug-likeness (QED) is 0.482. The van der Waals surface area contributed by atoms with E-state index in [9.17, 15) is 4.79 Å². The molecule has 2 nitrogen and oxygen atoms in total. The van der Waals surface area contributed by atoms with Crippen molar-refractivity contribution in [2.24, 2.45) is 0 Å². The summed E-state index contributed by atoms with van der Waals surface area (Å²) in [6, 6.07) is 6.65. The lowest BCUT2D eigenvalue weighted by atomic mass is 10.1. The molecule has 1 aromatic carbocycles. The lowest BCUT2D eigenvalue weighted by Gasteiger charge is -2.26. The van der Waals surface area contributed by atoms with Gasteiger partial charge in [0.15, 0.2) is 0 Å². The van der Waals surface area contributed by atoms with Gasteiger partial charge in [-0.2, -0.15) is 0 Å². The van der Waals surface area contributed by atoms with Gasteiger partial charge in [-0.3, -0.25) is 4.79 Å². The molecule has 0 aliphatic heterocycles. The van der Waals surface area contributed by atoms with Gasteiger partial charge in [-0.15, -0.1) is 0 Å². The first-order valence-electron chi connectivity index (χ1n) is 5.84. The van der Waals surface area contributed by atoms with Crippen LogP contribution in [0.4, 0.5) is 0 Å². The second-order valence-electron chi connectivity index (χ2n) is 4.07. The lowest BCUT2D eigenvalue weighted by Crippen LogP contribution is -2.32. The van der Waals surface area contributed by atoms with Crippen molar-refractivity contribution < 1.29 is 4.79 Å². The molecular weight excluding hydrogens is 293 g/mol. The number of carbonyl (C=O) groups is 1. The van der Waals surface area contributed by atoms with Gasteiger partial charge in [0, 0.05) is 5.56 Å². The molecule has 0 saturated heterocycles. The van der Waals surface area contributed by atoms with Gasteiger partial charge in [0.1, 0.15) is 6.29 Å². The van der Waals surface area contributed by atoms with Crippen LogP contribution in [-0.4, -0.2) is 16.6 Å². The Labute approximate surface area is 123 Å². The molecule has 1 aromatic rings. The van der Waals surface area contributed by atoms with Crippen LogP contribution in [0.3, 0.4) is 0 Å². The highest BCUT2D eigenvalue weighted by atomic mass is 35.6. The van der Waals surface area contributed by atoms with Crippen molar-refractivity contribution in [3.8, 4) is 0 Å². The molecule has 0 unspecified atom stereocenters. The predicted octanol–water partition coefficient (Wildman–Crippen LogP) is 4.30. The number of unbranched alkanes of at least 4 members (excludes halogenated alkanes) is 1. The van der Waals surface area contributed by atoms with Gasteiger partial charge in [0.2, 0.25) is 3.79 Å². The van der Waals surface area contributed by atoms with E-state index in [-0.39, 0.29) is 6.04 Å². The van der Waals surface area contributed by atoms with Gasteiger partial charge in [0.25, 0.3) is 0 Å². The average Bonchev–Trinajstić information content (AvgIpc) is 2.33. The molecule has 0 aliphatic carbocycles. The summed E-state index contributed by atoms with van der Waals surface area (Å²) >= 11 is 18.0. The number of halogens is 3. The third-order valence-corrected chi connectivity index (χ3v) is 3.27. The maximum atomic E-state index is 10.6. The summed E-state index contributed by atoms with van der Waals surface area (Å²) in [7, 11) is 0. The van der Waals surface area contributed by atoms with Crippen molar-refractivity contribution in [2.75, 3.05) is 6.54 Å². The second kappa shape index (κ2) is 7.34. The topological polar surface area (TPSA) is 29.1 Å². The third kappa shape index (κ3) is 4.77. The van der Waals surface area contributed by atoms with E-state index in [0.29, 0.717) is 5.56 Å². The molecular formula is C13H16Cl3NO. The van der Waals surface area contributed by atoms with Crippen molar-refractivity contribution in [2.45, 2.75) is 29.6 Å². The Hall–Kier alpha value is -0.280. The molecule has 0 spiro atoms. The summed E-state index contributed by atoms with van der Waals surface area (Å²) in [5, 5.41) is 3.23. The first-order chi connectivity index (χ1) is 8.49. The molecule has 5 heteroatoms. The molecule has 1 N–H and O–H groups in total. The number of benzene rings is 1. The Morgan fingerprint density at radius 2 is 1.89 bits per heavy atom. The summed E-state index contributed by atoms with van der Waals surface area (Å²) in [5.74, 6) is 0. The number of hydrogen-bond acceptors (Lipinski definition) is 2. The van der Waals surface area contributed by atoms with Gasteiger partial charge >= 0.3 is 0 Å². The second-order valence-corrected chi connectivity index (χ2v) is 6.44. The summed E-state index contributed by atoms with van der Waals surface area (Å²) < 4.78 is -1.42. The van der Waals surface area contributed by atoms with Crippen LogP contribution in [0.15, 0.2) is 24.3 Å². The van der Waals surface area contributed by atoms with E-state index in [1.807, 2.05) is 0 Å². The SMILES string of the molecule is CCCCN[C@@H](c1ccc(C=O)cc1)C(Cl)(Cl)Cl. The van der Waals surface area contributed by atoms with E-state index in [1.54, 1.807) is 24.3 Å². The van der Waals surface area contributed by atoms with Crippen LogP contribution in [-0.2, 0) is 0 Å². The Bertz CT molecular complexity index is 373. The van der Waals surface area contributed by atoms with Crippen molar-refractivity contribution >= 4 is 41.1 Å². The molecule has 18 heavy (non-hydrogen) atoms. The highest BCUT2D eigenvalue weighted by Crippen LogP contribution is 2.39. The molecule has 0 bridgehead atoms. The summed E-state index contributed by atoms with van der Waals surface area (Å²) in [6.07, 6.45) is 2.88. The molecule has 0 fully saturated rings. The zero-order chi connectivity index (χ0) is 13.6. The average molecular weight is 309 g/mol. The van der Waals surface area contributed by atoms with Crippen molar-refractivity contribution in [3.05, 3.63) is 35.4 Å². The minimum atomic E-state index is -1.42. The highest BCUT2D eigenvalue weighted by Gasteiger charge is 2.33. The minimum absolute atomic E-state index is 0.380. The van der Waals surface area contributed by atoms with Crippen molar-refractivity contribution in [1.29, 1.82) is 0 Å². The van der Waals surface area contributed by atoms with E-state index >= 15 is 0 Å². The number of nitrogens with one attached hydrogen (secondary N) is 1. The van der Waals surface area contributed by atoms with Crippen molar-refractivity contribution in [3.63, 3.8) is 0 Å². The molecule has 0 aromatic heterocycles. The molecule has 1 rings (SSSR count). The van der Waals surface area contributed by atoms with Gasteiger partial charge in [-0.1, -0.05) is 72.4 Å². The largest absolute Gasteiger partial charge is 0.306 e. The zero-order valence-corrected chi connectivity index (χ0v) is 12.4. The minimum Gasteiger partial charge on any atom is -0.306 e. The van der Waals surface area contributed by atoms with Crippen LogP contribution < -0.4 is 5.32 Å². The van der Waals surface area contributed by atoms with E-state index in [1.165, 1.54) is 0 Å². The summed E-state index contributed by atoms with van der Waals surface area (Å²) in [5.41, 5.74) is 1.46. The Morgan fingerprint density at radius 3 is 2.33 bits per heavy atom. The van der Waals surface area contributed by atoms with Crippen LogP contribution in [0, 0.1) is 0 Å². The van der Waals surface area contributed by atoms with Gasteiger partial charge < -0.3 is 5.32 Å². The normalized spacial score (nSPS) is 13.3. The van der Waals surface area contributed by atoms with Gasteiger partial charge in [0.05, 0.1) is 6.04 Å². The molecule has 0 radical (unpaired) electrons. The Balaban J connectivity index is 2.84. The smallest absolute Gasteiger partial charge is 0.209 e. The molecule has 0 saturated carbocycles. The molecule has 0 amide bonds. The predicted molar refractivity (Wildman–Crippen MR) is 77.8 cm³/mol. The van der Waals surface area contributed by atoms with Gasteiger partial charge in [-0.25, -0.2) is 0 Å². The van der Waals surface area contributed by atoms with E-state index in [2.05, 4.69) is 12.2 Å². The fourth-order valence-corrected chi connectivity index (χ4v) is 2.22. The zero-order valence-electron chi connectivity index (χ0n) is 10.1. The van der Waals surface area contributed by atoms with Crippen molar-refractivity contribution in [1.82, 2.24) is 5.32 Å². The van der Waals surface area contributed by atoms with E-state index in [4.69, 9.17) is 34.8 Å². The maximum absolute atomic E-state index is 10.6. The number of carbonyl (C=O) groups excluding carboxylic acids is 1. The van der Waals surface area contributed by atoms with Crippen LogP contribution in [0.1, 0.15) is 41.7 Å². The number of hydrogen-bond donors (Lipinski definition) is 1. The van der Waals surface area contributed by atoms with E-state index in [0.717, 1.165) is 31.2 Å². The fourth-order valence-electron chi connectivity index (χ4n) is 1.61. The van der Waals surface area contributed by atoms with Gasteiger partial charge in [-0.05, 0) is 18.5 Å². The number of aldehydes is 1. The molecule has 100 valence electrons. The lowest BCUT2D eigenvalue weighted by molar-refractivity contribution is 0.112. The fraction of sp³-hybridized carbons (Fsp3) is 0.462.